The third-order valence-corrected chi connectivity index (χ3v) is 7.25. The second kappa shape index (κ2) is 13.3. The molecule has 1 fully saturated rings. The molecule has 0 saturated carbocycles. The van der Waals surface area contributed by atoms with Crippen molar-refractivity contribution in [1.29, 1.82) is 0 Å². The van der Waals surface area contributed by atoms with E-state index in [2.05, 4.69) is 26.3 Å². The van der Waals surface area contributed by atoms with E-state index >= 15 is 0 Å². The third kappa shape index (κ3) is 7.26. The van der Waals surface area contributed by atoms with Crippen molar-refractivity contribution < 1.29 is 24.3 Å². The SMILES string of the molecule is CC(C)C(NC(=O)C(Cc1ccccc1)NC(=O)C(Cc1c[nH]c2ccccc12)NC(=O)C1CCCN1)C(=O)O. The fourth-order valence-corrected chi connectivity index (χ4v) is 5.01. The molecule has 4 unspecified atom stereocenters. The molecule has 0 aliphatic carbocycles. The minimum absolute atomic E-state index is 0.154. The van der Waals surface area contributed by atoms with Gasteiger partial charge in [-0.05, 0) is 42.5 Å². The molecule has 1 saturated heterocycles. The molecular weight excluding hydrogens is 510 g/mol. The van der Waals surface area contributed by atoms with Crippen LogP contribution in [-0.4, -0.2) is 64.5 Å². The molecule has 2 aromatic carbocycles. The van der Waals surface area contributed by atoms with E-state index in [0.717, 1.165) is 35.0 Å². The van der Waals surface area contributed by atoms with Gasteiger partial charge in [-0.25, -0.2) is 4.79 Å². The van der Waals surface area contributed by atoms with Gasteiger partial charge in [0.15, 0.2) is 0 Å². The summed E-state index contributed by atoms with van der Waals surface area (Å²) in [5, 5.41) is 22.0. The van der Waals surface area contributed by atoms with E-state index in [0.29, 0.717) is 6.42 Å². The maximum Gasteiger partial charge on any atom is 0.326 e. The Morgan fingerprint density at radius 3 is 2.25 bits per heavy atom. The van der Waals surface area contributed by atoms with Crippen LogP contribution in [0.4, 0.5) is 0 Å². The van der Waals surface area contributed by atoms with Crippen LogP contribution in [0.5, 0.6) is 0 Å². The van der Waals surface area contributed by atoms with Crippen LogP contribution in [-0.2, 0) is 32.0 Å². The summed E-state index contributed by atoms with van der Waals surface area (Å²) in [5.41, 5.74) is 2.56. The fraction of sp³-hybridized carbons (Fsp3) is 0.400. The molecule has 0 bridgehead atoms. The Morgan fingerprint density at radius 1 is 0.900 bits per heavy atom. The molecule has 10 heteroatoms. The molecule has 6 N–H and O–H groups in total. The molecule has 212 valence electrons. The van der Waals surface area contributed by atoms with Gasteiger partial charge in [-0.15, -0.1) is 0 Å². The number of aromatic nitrogens is 1. The van der Waals surface area contributed by atoms with E-state index in [-0.39, 0.29) is 30.7 Å². The molecule has 1 aromatic heterocycles. The molecule has 0 spiro atoms. The smallest absolute Gasteiger partial charge is 0.326 e. The number of aromatic amines is 1. The van der Waals surface area contributed by atoms with Gasteiger partial charge < -0.3 is 31.4 Å². The highest BCUT2D eigenvalue weighted by molar-refractivity contribution is 5.95. The lowest BCUT2D eigenvalue weighted by Crippen LogP contribution is -2.58. The summed E-state index contributed by atoms with van der Waals surface area (Å²) in [4.78, 5) is 55.1. The lowest BCUT2D eigenvalue weighted by molar-refractivity contribution is -0.143. The predicted octanol–water partition coefficient (Wildman–Crippen LogP) is 1.90. The van der Waals surface area contributed by atoms with E-state index < -0.39 is 35.9 Å². The lowest BCUT2D eigenvalue weighted by atomic mass is 10.00. The Kier molecular flexibility index (Phi) is 9.55. The Morgan fingerprint density at radius 2 is 1.57 bits per heavy atom. The van der Waals surface area contributed by atoms with Gasteiger partial charge in [0.2, 0.25) is 17.7 Å². The van der Waals surface area contributed by atoms with E-state index in [9.17, 15) is 24.3 Å². The van der Waals surface area contributed by atoms with Gasteiger partial charge >= 0.3 is 5.97 Å². The highest BCUT2D eigenvalue weighted by atomic mass is 16.4. The monoisotopic (exact) mass is 547 g/mol. The molecule has 4 atom stereocenters. The number of fused-ring (bicyclic) bond motifs is 1. The summed E-state index contributed by atoms with van der Waals surface area (Å²) in [6.07, 6.45) is 3.73. The summed E-state index contributed by atoms with van der Waals surface area (Å²) in [6.45, 7) is 4.14. The van der Waals surface area contributed by atoms with Crippen LogP contribution >= 0.6 is 0 Å². The van der Waals surface area contributed by atoms with Crippen molar-refractivity contribution in [3.63, 3.8) is 0 Å². The number of aliphatic carboxylic acids is 1. The molecule has 1 aliphatic rings. The highest BCUT2D eigenvalue weighted by Crippen LogP contribution is 2.20. The molecule has 4 rings (SSSR count). The summed E-state index contributed by atoms with van der Waals surface area (Å²) in [7, 11) is 0. The molecule has 10 nitrogen and oxygen atoms in total. The number of amides is 3. The normalized spacial score (nSPS) is 17.2. The summed E-state index contributed by atoms with van der Waals surface area (Å²) >= 11 is 0. The minimum Gasteiger partial charge on any atom is -0.480 e. The number of carbonyl (C=O) groups is 4. The first-order chi connectivity index (χ1) is 19.2. The average Bonchev–Trinajstić information content (AvgIpc) is 3.62. The summed E-state index contributed by atoms with van der Waals surface area (Å²) in [6, 6.07) is 13.4. The fourth-order valence-electron chi connectivity index (χ4n) is 5.01. The van der Waals surface area contributed by atoms with Crippen LogP contribution in [0.3, 0.4) is 0 Å². The van der Waals surface area contributed by atoms with Gasteiger partial charge in [0.25, 0.3) is 0 Å². The van der Waals surface area contributed by atoms with Gasteiger partial charge in [-0.3, -0.25) is 14.4 Å². The molecule has 1 aliphatic heterocycles. The average molecular weight is 548 g/mol. The quantitative estimate of drug-likeness (QED) is 0.204. The number of H-pyrrole nitrogens is 1. The Hall–Kier alpha value is -4.18. The number of carboxylic acids is 1. The Bertz CT molecular complexity index is 1330. The third-order valence-electron chi connectivity index (χ3n) is 7.25. The number of hydrogen-bond donors (Lipinski definition) is 6. The molecule has 40 heavy (non-hydrogen) atoms. The van der Waals surface area contributed by atoms with Crippen LogP contribution in [0.15, 0.2) is 60.8 Å². The van der Waals surface area contributed by atoms with Crippen molar-refractivity contribution in [1.82, 2.24) is 26.3 Å². The predicted molar refractivity (Wildman–Crippen MR) is 151 cm³/mol. The van der Waals surface area contributed by atoms with Crippen LogP contribution in [0.2, 0.25) is 0 Å². The zero-order valence-corrected chi connectivity index (χ0v) is 22.8. The minimum atomic E-state index is -1.15. The van der Waals surface area contributed by atoms with Gasteiger partial charge in [0.05, 0.1) is 6.04 Å². The Balaban J connectivity index is 1.58. The lowest BCUT2D eigenvalue weighted by Gasteiger charge is -2.26. The number of carboxylic acid groups (broad SMARTS) is 1. The van der Waals surface area contributed by atoms with Crippen molar-refractivity contribution in [3.05, 3.63) is 71.9 Å². The molecule has 2 heterocycles. The number of carbonyl (C=O) groups excluding carboxylic acids is 3. The van der Waals surface area contributed by atoms with Crippen LogP contribution in [0, 0.1) is 5.92 Å². The Labute approximate surface area is 233 Å². The summed E-state index contributed by atoms with van der Waals surface area (Å²) < 4.78 is 0. The standard InChI is InChI=1S/C30H37N5O5/c1-18(2)26(30(39)40)35-29(38)24(15-19-9-4-3-5-10-19)33-28(37)25(34-27(36)23-13-8-14-31-23)16-20-17-32-22-12-7-6-11-21(20)22/h3-7,9-12,17-18,23-26,31-32H,8,13-16H2,1-2H3,(H,33,37)(H,34,36)(H,35,38)(H,39,40). The topological polar surface area (TPSA) is 152 Å². The molecule has 3 amide bonds. The first kappa shape index (κ1) is 28.8. The van der Waals surface area contributed by atoms with Crippen molar-refractivity contribution in [2.75, 3.05) is 6.54 Å². The molecule has 0 radical (unpaired) electrons. The number of rotatable bonds is 12. The molecular formula is C30H37N5O5. The number of hydrogen-bond acceptors (Lipinski definition) is 5. The van der Waals surface area contributed by atoms with Crippen LogP contribution in [0.25, 0.3) is 10.9 Å². The van der Waals surface area contributed by atoms with Crippen molar-refractivity contribution >= 4 is 34.6 Å². The van der Waals surface area contributed by atoms with E-state index in [1.54, 1.807) is 13.8 Å². The number of benzene rings is 2. The van der Waals surface area contributed by atoms with Crippen molar-refractivity contribution in [2.45, 2.75) is 63.7 Å². The second-order valence-electron chi connectivity index (χ2n) is 10.6. The maximum atomic E-state index is 13.8. The van der Waals surface area contributed by atoms with Crippen molar-refractivity contribution in [3.8, 4) is 0 Å². The van der Waals surface area contributed by atoms with Gasteiger partial charge in [0.1, 0.15) is 18.1 Å². The maximum absolute atomic E-state index is 13.8. The van der Waals surface area contributed by atoms with Crippen LogP contribution in [0.1, 0.15) is 37.8 Å². The summed E-state index contributed by atoms with van der Waals surface area (Å²) in [5.74, 6) is -2.91. The van der Waals surface area contributed by atoms with Crippen molar-refractivity contribution in [2.24, 2.45) is 5.92 Å². The first-order valence-corrected chi connectivity index (χ1v) is 13.7. The van der Waals surface area contributed by atoms with E-state index in [1.165, 1.54) is 0 Å². The first-order valence-electron chi connectivity index (χ1n) is 13.7. The zero-order valence-electron chi connectivity index (χ0n) is 22.8. The van der Waals surface area contributed by atoms with Gasteiger partial charge in [-0.2, -0.15) is 0 Å². The van der Waals surface area contributed by atoms with Gasteiger partial charge in [-0.1, -0.05) is 62.4 Å². The number of para-hydroxylation sites is 1. The molecule has 3 aromatic rings. The van der Waals surface area contributed by atoms with E-state index in [1.807, 2.05) is 60.8 Å². The zero-order chi connectivity index (χ0) is 28.6. The van der Waals surface area contributed by atoms with Gasteiger partial charge in [0, 0.05) is 29.9 Å². The highest BCUT2D eigenvalue weighted by Gasteiger charge is 2.32. The van der Waals surface area contributed by atoms with E-state index in [4.69, 9.17) is 0 Å². The number of nitrogens with one attached hydrogen (secondary N) is 5. The van der Waals surface area contributed by atoms with Crippen LogP contribution < -0.4 is 21.3 Å². The second-order valence-corrected chi connectivity index (χ2v) is 10.6. The largest absolute Gasteiger partial charge is 0.480 e.